The number of rotatable bonds is 23. The smallest absolute Gasteiger partial charge is 0.303 e. The Labute approximate surface area is 207 Å². The standard InChI is InChI=1S/C30H46O4/c31-29(32)27-25-23-21-19-17-15-13-11-9-7-5-3-1-2-4-6-8-10-12-14-16-18-20-22-24-26-28-30(33)34/h1-12H,13-28H2,(H,31,32)(H,33,34)/b3-1+,4-2+,7-5+,8-6+,11-9+,12-10+. The molecule has 4 nitrogen and oxygen atoms in total. The average Bonchev–Trinajstić information content (AvgIpc) is 2.80. The lowest BCUT2D eigenvalue weighted by Gasteiger charge is -1.99. The molecule has 0 aliphatic rings. The molecule has 0 aliphatic carbocycles. The second-order valence-electron chi connectivity index (χ2n) is 8.50. The van der Waals surface area contributed by atoms with Gasteiger partial charge in [-0.1, -0.05) is 124 Å². The van der Waals surface area contributed by atoms with Crippen LogP contribution in [0.15, 0.2) is 72.9 Å². The van der Waals surface area contributed by atoms with Crippen LogP contribution >= 0.6 is 0 Å². The topological polar surface area (TPSA) is 74.6 Å². The first-order valence-electron chi connectivity index (χ1n) is 13.0. The summed E-state index contributed by atoms with van der Waals surface area (Å²) in [5.74, 6) is -1.38. The third-order valence-electron chi connectivity index (χ3n) is 5.30. The Morgan fingerprint density at radius 2 is 0.647 bits per heavy atom. The summed E-state index contributed by atoms with van der Waals surface area (Å²) in [6.45, 7) is 0. The molecule has 4 heteroatoms. The molecule has 0 aliphatic heterocycles. The van der Waals surface area contributed by atoms with Gasteiger partial charge in [0.25, 0.3) is 0 Å². The Bertz CT molecular complexity index is 607. The van der Waals surface area contributed by atoms with Gasteiger partial charge in [-0.2, -0.15) is 0 Å². The lowest BCUT2D eigenvalue weighted by atomic mass is 10.1. The molecule has 0 amide bonds. The normalized spacial score (nSPS) is 12.6. The Hall–Kier alpha value is -2.62. The lowest BCUT2D eigenvalue weighted by Crippen LogP contribution is -1.93. The zero-order valence-electron chi connectivity index (χ0n) is 21.0. The summed E-state index contributed by atoms with van der Waals surface area (Å²) in [7, 11) is 0. The molecule has 0 saturated carbocycles. The maximum atomic E-state index is 10.4. The molecule has 0 saturated heterocycles. The highest BCUT2D eigenvalue weighted by atomic mass is 16.4. The van der Waals surface area contributed by atoms with Gasteiger partial charge >= 0.3 is 11.9 Å². The van der Waals surface area contributed by atoms with Gasteiger partial charge in [-0.15, -0.1) is 0 Å². The Morgan fingerprint density at radius 3 is 0.971 bits per heavy atom. The maximum Gasteiger partial charge on any atom is 0.303 e. The predicted octanol–water partition coefficient (Wildman–Crippen LogP) is 8.73. The molecular formula is C30H46O4. The quantitative estimate of drug-likeness (QED) is 0.116. The van der Waals surface area contributed by atoms with Crippen LogP contribution in [-0.4, -0.2) is 22.2 Å². The fourth-order valence-corrected chi connectivity index (χ4v) is 3.35. The SMILES string of the molecule is O=C(O)CCCCCCCC/C=C/C=C/C=C/C=C/C=C/C=C/CCCCCCCCC(=O)O. The largest absolute Gasteiger partial charge is 0.481 e. The summed E-state index contributed by atoms with van der Waals surface area (Å²) in [5.41, 5.74) is 0. The van der Waals surface area contributed by atoms with Gasteiger partial charge in [0.2, 0.25) is 0 Å². The number of carboxylic acids is 2. The van der Waals surface area contributed by atoms with Crippen LogP contribution in [0.5, 0.6) is 0 Å². The maximum absolute atomic E-state index is 10.4. The zero-order valence-corrected chi connectivity index (χ0v) is 21.0. The molecule has 0 radical (unpaired) electrons. The number of carboxylic acid groups (broad SMARTS) is 2. The molecule has 0 fully saturated rings. The summed E-state index contributed by atoms with van der Waals surface area (Å²) in [6, 6.07) is 0. The highest BCUT2D eigenvalue weighted by Crippen LogP contribution is 2.10. The van der Waals surface area contributed by atoms with Gasteiger partial charge in [0, 0.05) is 12.8 Å². The Balaban J connectivity index is 3.51. The van der Waals surface area contributed by atoms with Crippen LogP contribution in [-0.2, 0) is 9.59 Å². The van der Waals surface area contributed by atoms with Crippen LogP contribution in [0.25, 0.3) is 0 Å². The summed E-state index contributed by atoms with van der Waals surface area (Å²) >= 11 is 0. The molecule has 190 valence electrons. The van der Waals surface area contributed by atoms with Crippen molar-refractivity contribution in [3.8, 4) is 0 Å². The minimum atomic E-state index is -0.688. The molecule has 0 atom stereocenters. The predicted molar refractivity (Wildman–Crippen MR) is 144 cm³/mol. The third kappa shape index (κ3) is 29.4. The number of hydrogen-bond acceptors (Lipinski definition) is 2. The molecular weight excluding hydrogens is 424 g/mol. The van der Waals surface area contributed by atoms with Gasteiger partial charge in [0.15, 0.2) is 0 Å². The number of allylic oxidation sites excluding steroid dienone is 12. The minimum Gasteiger partial charge on any atom is -0.481 e. The van der Waals surface area contributed by atoms with E-state index < -0.39 is 11.9 Å². The van der Waals surface area contributed by atoms with Crippen LogP contribution < -0.4 is 0 Å². The van der Waals surface area contributed by atoms with E-state index in [2.05, 4.69) is 24.3 Å². The summed E-state index contributed by atoms with van der Waals surface area (Å²) in [4.78, 5) is 20.8. The monoisotopic (exact) mass is 470 g/mol. The second kappa shape index (κ2) is 26.6. The zero-order chi connectivity index (χ0) is 25.0. The van der Waals surface area contributed by atoms with E-state index in [1.54, 1.807) is 0 Å². The molecule has 34 heavy (non-hydrogen) atoms. The van der Waals surface area contributed by atoms with Crippen LogP contribution in [0.4, 0.5) is 0 Å². The fourth-order valence-electron chi connectivity index (χ4n) is 3.35. The van der Waals surface area contributed by atoms with Gasteiger partial charge < -0.3 is 10.2 Å². The van der Waals surface area contributed by atoms with Crippen molar-refractivity contribution in [1.82, 2.24) is 0 Å². The molecule has 0 unspecified atom stereocenters. The molecule has 0 heterocycles. The highest BCUT2D eigenvalue weighted by molar-refractivity contribution is 5.66. The van der Waals surface area contributed by atoms with E-state index >= 15 is 0 Å². The highest BCUT2D eigenvalue weighted by Gasteiger charge is 1.97. The molecule has 0 aromatic heterocycles. The van der Waals surface area contributed by atoms with Crippen molar-refractivity contribution in [3.63, 3.8) is 0 Å². The van der Waals surface area contributed by atoms with Gasteiger partial charge in [-0.25, -0.2) is 0 Å². The second-order valence-corrected chi connectivity index (χ2v) is 8.50. The average molecular weight is 471 g/mol. The number of carbonyl (C=O) groups is 2. The van der Waals surface area contributed by atoms with Crippen LogP contribution in [0.3, 0.4) is 0 Å². The van der Waals surface area contributed by atoms with E-state index in [1.807, 2.05) is 48.6 Å². The van der Waals surface area contributed by atoms with E-state index in [0.717, 1.165) is 51.4 Å². The molecule has 0 aromatic rings. The van der Waals surface area contributed by atoms with Crippen molar-refractivity contribution < 1.29 is 19.8 Å². The molecule has 0 rings (SSSR count). The van der Waals surface area contributed by atoms with Gasteiger partial charge in [0.1, 0.15) is 0 Å². The first-order chi connectivity index (χ1) is 16.6. The van der Waals surface area contributed by atoms with Crippen molar-refractivity contribution in [1.29, 1.82) is 0 Å². The van der Waals surface area contributed by atoms with Crippen molar-refractivity contribution in [3.05, 3.63) is 72.9 Å². The Kier molecular flexibility index (Phi) is 24.6. The van der Waals surface area contributed by atoms with E-state index in [1.165, 1.54) is 38.5 Å². The lowest BCUT2D eigenvalue weighted by molar-refractivity contribution is -0.138. The summed E-state index contributed by atoms with van der Waals surface area (Å²) in [6.07, 6.45) is 40.7. The minimum absolute atomic E-state index is 0.302. The van der Waals surface area contributed by atoms with E-state index in [4.69, 9.17) is 10.2 Å². The van der Waals surface area contributed by atoms with Crippen LogP contribution in [0.2, 0.25) is 0 Å². The number of aliphatic carboxylic acids is 2. The van der Waals surface area contributed by atoms with Gasteiger partial charge in [0.05, 0.1) is 0 Å². The first-order valence-corrected chi connectivity index (χ1v) is 13.0. The summed E-state index contributed by atoms with van der Waals surface area (Å²) in [5, 5.41) is 17.2. The van der Waals surface area contributed by atoms with Crippen molar-refractivity contribution in [2.75, 3.05) is 0 Å². The van der Waals surface area contributed by atoms with Crippen molar-refractivity contribution in [2.45, 2.75) is 103 Å². The number of unbranched alkanes of at least 4 members (excludes halogenated alkanes) is 12. The first kappa shape index (κ1) is 31.4. The third-order valence-corrected chi connectivity index (χ3v) is 5.30. The van der Waals surface area contributed by atoms with Crippen LogP contribution in [0, 0.1) is 0 Å². The molecule has 0 spiro atoms. The molecule has 0 aromatic carbocycles. The van der Waals surface area contributed by atoms with Crippen molar-refractivity contribution >= 4 is 11.9 Å². The molecule has 2 N–H and O–H groups in total. The van der Waals surface area contributed by atoms with Crippen LogP contribution in [0.1, 0.15) is 103 Å². The van der Waals surface area contributed by atoms with Gasteiger partial charge in [-0.3, -0.25) is 9.59 Å². The number of hydrogen-bond donors (Lipinski definition) is 2. The van der Waals surface area contributed by atoms with E-state index in [9.17, 15) is 9.59 Å². The summed E-state index contributed by atoms with van der Waals surface area (Å²) < 4.78 is 0. The van der Waals surface area contributed by atoms with E-state index in [-0.39, 0.29) is 0 Å². The fraction of sp³-hybridized carbons (Fsp3) is 0.533. The van der Waals surface area contributed by atoms with Gasteiger partial charge in [-0.05, 0) is 38.5 Å². The molecule has 0 bridgehead atoms. The Morgan fingerprint density at radius 1 is 0.382 bits per heavy atom. The van der Waals surface area contributed by atoms with E-state index in [0.29, 0.717) is 12.8 Å². The van der Waals surface area contributed by atoms with Crippen molar-refractivity contribution in [2.24, 2.45) is 0 Å².